The van der Waals surface area contributed by atoms with E-state index in [1.807, 2.05) is 5.32 Å². The van der Waals surface area contributed by atoms with Crippen LogP contribution in [0.5, 0.6) is 0 Å². The van der Waals surface area contributed by atoms with Crippen LogP contribution in [0.15, 0.2) is 30.5 Å². The van der Waals surface area contributed by atoms with E-state index in [-0.39, 0.29) is 51.6 Å². The fourth-order valence-corrected chi connectivity index (χ4v) is 9.85. The third kappa shape index (κ3) is 29.8. The number of benzene rings is 1. The molecule has 1 heterocycles. The molecular formula is C63H100N16O22. The fraction of sp³-hybridized carbons (Fsp3) is 0.619. The number of amides is 12. The van der Waals surface area contributed by atoms with Gasteiger partial charge in [0, 0.05) is 29.9 Å². The molecule has 38 nitrogen and oxygen atoms in total. The summed E-state index contributed by atoms with van der Waals surface area (Å²) in [5.74, 6) is -20.0. The SMILES string of the molecule is CC(C)[C@H](NC(=O)[C@H](C)NC(=O)[C@@H](NC(=O)[C@H](CCCCN)NC(=O)[C@H](CCCCN)NC(=O)[C@H](CC(=O)O)NC(=O)[C@H](C)NC(=O)[C@H](C)NC(=O)[C@@H](NC(=O)[C@@H](NC(=O)[C@H](Cc1c[nH]c2ccccc12)NC(=O)[C@@H](N)CCC(=O)O)C(C)C)[C@@H](C)O)[C@@H](C)O)C(=O)N[C@@H](CC(=O)O)C(=O)O. The highest BCUT2D eigenvalue weighted by Gasteiger charge is 2.39. The van der Waals surface area contributed by atoms with E-state index in [9.17, 15) is 97.1 Å². The Hall–Kier alpha value is -9.92. The normalized spacial score (nSPS) is 15.7. The van der Waals surface area contributed by atoms with Crippen LogP contribution >= 0.6 is 0 Å². The number of hydrogen-bond donors (Lipinski definition) is 22. The number of carboxylic acid groups (broad SMARTS) is 4. The summed E-state index contributed by atoms with van der Waals surface area (Å²) < 4.78 is 0. The number of aliphatic hydroxyl groups excluding tert-OH is 2. The van der Waals surface area contributed by atoms with Crippen LogP contribution in [0, 0.1) is 11.8 Å². The second-order valence-electron chi connectivity index (χ2n) is 25.1. The summed E-state index contributed by atoms with van der Waals surface area (Å²) in [4.78, 5) is 214. The van der Waals surface area contributed by atoms with Crippen LogP contribution in [-0.2, 0) is 83.1 Å². The van der Waals surface area contributed by atoms with Crippen LogP contribution in [0.25, 0.3) is 10.9 Å². The van der Waals surface area contributed by atoms with Gasteiger partial charge in [-0.05, 0) is 116 Å². The standard InChI is InChI=1S/C63H100N16O22/c1-28(2)47(59(96)75-43(63(100)101)26-46(86)87)76-53(90)32(7)70-61(98)49(33(8)80)78-56(93)40(19-13-15-23-65)71-55(92)39(18-12-14-22-64)72-57(94)42(25-45(84)85)73-52(89)31(6)68-51(88)30(5)69-62(99)50(34(9)81)79-60(97)48(29(3)4)77-58(95)41(74-54(91)37(66)20-21-44(82)83)24-35-27-67-38-17-11-10-16-36(35)38/h10-11,16-17,27-34,37,39-43,47-50,67,80-81H,12-15,18-26,64-66H2,1-9H3,(H,68,88)(H,69,99)(H,70,98)(H,71,92)(H,72,94)(H,73,89)(H,74,91)(H,75,96)(H,76,90)(H,77,95)(H,78,93)(H,79,97)(H,82,83)(H,84,85)(H,86,87)(H,100,101)/t30-,31-,32-,33+,34+,37-,39-,40-,41-,42-,43-,47-,48-,49-,50-/m0/s1. The van der Waals surface area contributed by atoms with Crippen molar-refractivity contribution in [2.24, 2.45) is 29.0 Å². The number of carboxylic acids is 4. The van der Waals surface area contributed by atoms with Crippen LogP contribution in [0.1, 0.15) is 132 Å². The van der Waals surface area contributed by atoms with Crippen molar-refractivity contribution in [3.8, 4) is 0 Å². The van der Waals surface area contributed by atoms with Gasteiger partial charge in [-0.25, -0.2) is 4.79 Å². The van der Waals surface area contributed by atoms with Gasteiger partial charge < -0.3 is 117 Å². The molecule has 0 unspecified atom stereocenters. The quantitative estimate of drug-likeness (QED) is 0.0275. The Kier molecular flexibility index (Phi) is 37.0. The van der Waals surface area contributed by atoms with Crippen molar-refractivity contribution in [1.82, 2.24) is 68.8 Å². The van der Waals surface area contributed by atoms with Crippen LogP contribution in [0.2, 0.25) is 0 Å². The molecule has 0 aliphatic heterocycles. The second kappa shape index (κ2) is 42.9. The number of aromatic amines is 1. The predicted octanol–water partition coefficient (Wildman–Crippen LogP) is -5.85. The van der Waals surface area contributed by atoms with Crippen molar-refractivity contribution >= 4 is 106 Å². The van der Waals surface area contributed by atoms with Crippen molar-refractivity contribution in [3.63, 3.8) is 0 Å². The Balaban J connectivity index is 2.27. The lowest BCUT2D eigenvalue weighted by molar-refractivity contribution is -0.147. The Labute approximate surface area is 581 Å². The number of carbonyl (C=O) groups is 16. The summed E-state index contributed by atoms with van der Waals surface area (Å²) in [7, 11) is 0. The second-order valence-corrected chi connectivity index (χ2v) is 25.1. The minimum Gasteiger partial charge on any atom is -0.481 e. The Morgan fingerprint density at radius 3 is 1.21 bits per heavy atom. The molecule has 101 heavy (non-hydrogen) atoms. The third-order valence-electron chi connectivity index (χ3n) is 15.8. The number of nitrogens with two attached hydrogens (primary N) is 3. The number of hydrogen-bond acceptors (Lipinski definition) is 21. The maximum absolute atomic E-state index is 14.2. The molecule has 0 saturated carbocycles. The predicted molar refractivity (Wildman–Crippen MR) is 358 cm³/mol. The van der Waals surface area contributed by atoms with E-state index >= 15 is 0 Å². The molecule has 0 spiro atoms. The maximum Gasteiger partial charge on any atom is 0.326 e. The first-order valence-corrected chi connectivity index (χ1v) is 32.8. The number of nitrogens with one attached hydrogen (secondary N) is 13. The molecule has 2 rings (SSSR count). The van der Waals surface area contributed by atoms with Gasteiger partial charge in [-0.1, -0.05) is 45.9 Å². The van der Waals surface area contributed by atoms with Crippen molar-refractivity contribution in [2.45, 2.75) is 224 Å². The van der Waals surface area contributed by atoms with Crippen LogP contribution in [0.3, 0.4) is 0 Å². The summed E-state index contributed by atoms with van der Waals surface area (Å²) in [6, 6.07) is -13.7. The maximum atomic E-state index is 14.2. The Morgan fingerprint density at radius 1 is 0.396 bits per heavy atom. The number of carbonyl (C=O) groups excluding carboxylic acids is 12. The monoisotopic (exact) mass is 1430 g/mol. The number of aliphatic hydroxyl groups is 2. The molecule has 38 heteroatoms. The zero-order chi connectivity index (χ0) is 76.7. The van der Waals surface area contributed by atoms with Crippen LogP contribution in [0.4, 0.5) is 0 Å². The fourth-order valence-electron chi connectivity index (χ4n) is 9.85. The molecule has 1 aromatic heterocycles. The zero-order valence-corrected chi connectivity index (χ0v) is 57.8. The Morgan fingerprint density at radius 2 is 0.752 bits per heavy atom. The van der Waals surface area contributed by atoms with E-state index in [1.165, 1.54) is 20.8 Å². The lowest BCUT2D eigenvalue weighted by atomic mass is 9.99. The molecule has 0 fully saturated rings. The number of para-hydroxylation sites is 1. The smallest absolute Gasteiger partial charge is 0.326 e. The first-order valence-electron chi connectivity index (χ1n) is 32.8. The molecule has 2 aromatic rings. The topological polar surface area (TPSA) is 633 Å². The minimum absolute atomic E-state index is 0.115. The number of aliphatic carboxylic acids is 4. The van der Waals surface area contributed by atoms with E-state index in [1.54, 1.807) is 44.3 Å². The van der Waals surface area contributed by atoms with Gasteiger partial charge in [0.25, 0.3) is 0 Å². The van der Waals surface area contributed by atoms with E-state index in [4.69, 9.17) is 27.4 Å². The molecule has 0 aliphatic rings. The number of unbranched alkanes of at least 4 members (excludes halogenated alkanes) is 2. The van der Waals surface area contributed by atoms with Gasteiger partial charge >= 0.3 is 23.9 Å². The largest absolute Gasteiger partial charge is 0.481 e. The summed E-state index contributed by atoms with van der Waals surface area (Å²) in [6.45, 7) is 12.0. The molecule has 1 aromatic carbocycles. The van der Waals surface area contributed by atoms with Gasteiger partial charge in [-0.2, -0.15) is 0 Å². The average molecular weight is 1430 g/mol. The molecule has 0 bridgehead atoms. The van der Waals surface area contributed by atoms with E-state index in [0.717, 1.165) is 27.7 Å². The van der Waals surface area contributed by atoms with E-state index < -0.39 is 217 Å². The van der Waals surface area contributed by atoms with Gasteiger partial charge in [0.15, 0.2) is 0 Å². The first-order chi connectivity index (χ1) is 47.2. The molecule has 12 amide bonds. The van der Waals surface area contributed by atoms with Gasteiger partial charge in [-0.3, -0.25) is 71.9 Å². The van der Waals surface area contributed by atoms with Gasteiger partial charge in [0.1, 0.15) is 72.5 Å². The van der Waals surface area contributed by atoms with E-state index in [0.29, 0.717) is 29.3 Å². The summed E-state index contributed by atoms with van der Waals surface area (Å²) in [6.07, 6.45) is -4.02. The molecule has 0 radical (unpaired) electrons. The lowest BCUT2D eigenvalue weighted by Crippen LogP contribution is -2.62. The van der Waals surface area contributed by atoms with E-state index in [2.05, 4.69) is 63.5 Å². The summed E-state index contributed by atoms with van der Waals surface area (Å²) in [5, 5.41) is 87.9. The number of aromatic nitrogens is 1. The summed E-state index contributed by atoms with van der Waals surface area (Å²) >= 11 is 0. The highest BCUT2D eigenvalue weighted by Crippen LogP contribution is 2.20. The highest BCUT2D eigenvalue weighted by atomic mass is 16.4. The van der Waals surface area contributed by atoms with Crippen LogP contribution in [-0.4, -0.2) is 234 Å². The van der Waals surface area contributed by atoms with Crippen molar-refractivity contribution in [2.75, 3.05) is 13.1 Å². The minimum atomic E-state index is -1.95. The van der Waals surface area contributed by atoms with Gasteiger partial charge in [0.2, 0.25) is 70.9 Å². The number of H-pyrrole nitrogens is 1. The molecule has 0 saturated heterocycles. The highest BCUT2D eigenvalue weighted by molar-refractivity contribution is 6.01. The molecular weight excluding hydrogens is 1330 g/mol. The zero-order valence-electron chi connectivity index (χ0n) is 57.8. The number of rotatable bonds is 46. The third-order valence-corrected chi connectivity index (χ3v) is 15.8. The molecule has 0 aliphatic carbocycles. The van der Waals surface area contributed by atoms with Crippen molar-refractivity contribution in [3.05, 3.63) is 36.0 Å². The van der Waals surface area contributed by atoms with Crippen LogP contribution < -0.4 is 81.0 Å². The number of fused-ring (bicyclic) bond motifs is 1. The molecule has 564 valence electrons. The van der Waals surface area contributed by atoms with Gasteiger partial charge in [0.05, 0.1) is 31.1 Å². The van der Waals surface area contributed by atoms with Crippen molar-refractivity contribution in [1.29, 1.82) is 0 Å². The van der Waals surface area contributed by atoms with Gasteiger partial charge in [-0.15, -0.1) is 0 Å². The average Bonchev–Trinajstić information content (AvgIpc) is 1.74. The molecule has 15 atom stereocenters. The van der Waals surface area contributed by atoms with Crippen molar-refractivity contribution < 1.29 is 107 Å². The first kappa shape index (κ1) is 87.2. The lowest BCUT2D eigenvalue weighted by Gasteiger charge is -2.29. The summed E-state index contributed by atoms with van der Waals surface area (Å²) in [5.41, 5.74) is 18.7. The molecule has 25 N–H and O–H groups in total. The Bertz CT molecular complexity index is 3230.